The SMILES string of the molecule is CCc1ccc(CC(=O)N2CCCC(C(=O)O)C2)cc1. The minimum atomic E-state index is -0.796. The van der Waals surface area contributed by atoms with Gasteiger partial charge in [-0.2, -0.15) is 0 Å². The lowest BCUT2D eigenvalue weighted by molar-refractivity contribution is -0.145. The lowest BCUT2D eigenvalue weighted by atomic mass is 9.97. The van der Waals surface area contributed by atoms with Crippen molar-refractivity contribution in [2.45, 2.75) is 32.6 Å². The van der Waals surface area contributed by atoms with Crippen molar-refractivity contribution in [2.24, 2.45) is 5.92 Å². The summed E-state index contributed by atoms with van der Waals surface area (Å²) >= 11 is 0. The van der Waals surface area contributed by atoms with Gasteiger partial charge in [0.2, 0.25) is 5.91 Å². The number of rotatable bonds is 4. The highest BCUT2D eigenvalue weighted by molar-refractivity contribution is 5.80. The van der Waals surface area contributed by atoms with E-state index in [1.54, 1.807) is 4.90 Å². The number of nitrogens with zero attached hydrogens (tertiary/aromatic N) is 1. The molecule has 1 aliphatic heterocycles. The Morgan fingerprint density at radius 2 is 1.90 bits per heavy atom. The quantitative estimate of drug-likeness (QED) is 0.915. The third-order valence-corrected chi connectivity index (χ3v) is 3.91. The van der Waals surface area contributed by atoms with E-state index in [0.717, 1.165) is 18.4 Å². The van der Waals surface area contributed by atoms with Crippen LogP contribution >= 0.6 is 0 Å². The molecule has 0 saturated carbocycles. The van der Waals surface area contributed by atoms with Crippen molar-refractivity contribution in [3.8, 4) is 0 Å². The molecule has 0 spiro atoms. The van der Waals surface area contributed by atoms with Crippen molar-refractivity contribution in [3.05, 3.63) is 35.4 Å². The number of amides is 1. The molecule has 0 radical (unpaired) electrons. The van der Waals surface area contributed by atoms with E-state index >= 15 is 0 Å². The number of hydrogen-bond donors (Lipinski definition) is 1. The molecule has 2 rings (SSSR count). The Kier molecular flexibility index (Phi) is 4.77. The van der Waals surface area contributed by atoms with E-state index < -0.39 is 11.9 Å². The van der Waals surface area contributed by atoms with Gasteiger partial charge in [-0.15, -0.1) is 0 Å². The molecule has 1 atom stereocenters. The Labute approximate surface area is 119 Å². The van der Waals surface area contributed by atoms with Crippen LogP contribution in [0.3, 0.4) is 0 Å². The van der Waals surface area contributed by atoms with Crippen LogP contribution in [0.1, 0.15) is 30.9 Å². The molecule has 1 heterocycles. The molecular weight excluding hydrogens is 254 g/mol. The average molecular weight is 275 g/mol. The molecule has 0 aliphatic carbocycles. The number of likely N-dealkylation sites (tertiary alicyclic amines) is 1. The molecule has 20 heavy (non-hydrogen) atoms. The molecule has 108 valence electrons. The fourth-order valence-electron chi connectivity index (χ4n) is 2.58. The lowest BCUT2D eigenvalue weighted by Crippen LogP contribution is -2.42. The van der Waals surface area contributed by atoms with Crippen LogP contribution < -0.4 is 0 Å². The maximum Gasteiger partial charge on any atom is 0.308 e. The van der Waals surface area contributed by atoms with E-state index in [-0.39, 0.29) is 5.91 Å². The van der Waals surface area contributed by atoms with Crippen molar-refractivity contribution < 1.29 is 14.7 Å². The molecule has 1 amide bonds. The second kappa shape index (κ2) is 6.55. The third-order valence-electron chi connectivity index (χ3n) is 3.91. The first-order valence-electron chi connectivity index (χ1n) is 7.18. The fraction of sp³-hybridized carbons (Fsp3) is 0.500. The molecule has 4 nitrogen and oxygen atoms in total. The van der Waals surface area contributed by atoms with Crippen LogP contribution in [0, 0.1) is 5.92 Å². The van der Waals surface area contributed by atoms with Crippen LogP contribution in [0.2, 0.25) is 0 Å². The molecule has 1 fully saturated rings. The van der Waals surface area contributed by atoms with Gasteiger partial charge in [-0.1, -0.05) is 31.2 Å². The van der Waals surface area contributed by atoms with E-state index in [1.165, 1.54) is 5.56 Å². The average Bonchev–Trinajstić information content (AvgIpc) is 2.48. The van der Waals surface area contributed by atoms with Gasteiger partial charge in [-0.3, -0.25) is 9.59 Å². The standard InChI is InChI=1S/C16H21NO3/c1-2-12-5-7-13(8-6-12)10-15(18)17-9-3-4-14(11-17)16(19)20/h5-8,14H,2-4,9-11H2,1H3,(H,19,20). The summed E-state index contributed by atoms with van der Waals surface area (Å²) in [4.78, 5) is 24.9. The minimum Gasteiger partial charge on any atom is -0.481 e. The molecule has 1 unspecified atom stereocenters. The molecule has 1 saturated heterocycles. The van der Waals surface area contributed by atoms with Crippen LogP contribution in [-0.4, -0.2) is 35.0 Å². The molecule has 1 N–H and O–H groups in total. The predicted molar refractivity (Wildman–Crippen MR) is 76.5 cm³/mol. The second-order valence-corrected chi connectivity index (χ2v) is 5.36. The van der Waals surface area contributed by atoms with Crippen LogP contribution in [0.4, 0.5) is 0 Å². The van der Waals surface area contributed by atoms with Gasteiger partial charge in [-0.25, -0.2) is 0 Å². The summed E-state index contributed by atoms with van der Waals surface area (Å²) in [5, 5.41) is 9.05. The largest absolute Gasteiger partial charge is 0.481 e. The fourth-order valence-corrected chi connectivity index (χ4v) is 2.58. The molecule has 0 bridgehead atoms. The lowest BCUT2D eigenvalue weighted by Gasteiger charge is -2.30. The van der Waals surface area contributed by atoms with E-state index in [1.807, 2.05) is 24.3 Å². The first-order valence-corrected chi connectivity index (χ1v) is 7.18. The number of benzene rings is 1. The van der Waals surface area contributed by atoms with Crippen LogP contribution in [0.5, 0.6) is 0 Å². The Bertz CT molecular complexity index is 481. The zero-order valence-electron chi connectivity index (χ0n) is 11.8. The minimum absolute atomic E-state index is 0.0280. The van der Waals surface area contributed by atoms with E-state index in [0.29, 0.717) is 25.9 Å². The maximum absolute atomic E-state index is 12.2. The zero-order valence-corrected chi connectivity index (χ0v) is 11.8. The number of hydrogen-bond acceptors (Lipinski definition) is 2. The maximum atomic E-state index is 12.2. The van der Waals surface area contributed by atoms with Gasteiger partial charge >= 0.3 is 5.97 Å². The van der Waals surface area contributed by atoms with Crippen molar-refractivity contribution in [2.75, 3.05) is 13.1 Å². The molecule has 1 aromatic carbocycles. The summed E-state index contributed by atoms with van der Waals surface area (Å²) in [6, 6.07) is 8.04. The van der Waals surface area contributed by atoms with Gasteiger partial charge < -0.3 is 10.0 Å². The van der Waals surface area contributed by atoms with E-state index in [9.17, 15) is 9.59 Å². The normalized spacial score (nSPS) is 18.9. The summed E-state index contributed by atoms with van der Waals surface area (Å²) in [7, 11) is 0. The summed E-state index contributed by atoms with van der Waals surface area (Å²) in [5.41, 5.74) is 2.25. The summed E-state index contributed by atoms with van der Waals surface area (Å²) < 4.78 is 0. The number of piperidine rings is 1. The Morgan fingerprint density at radius 1 is 1.25 bits per heavy atom. The first-order chi connectivity index (χ1) is 9.60. The summed E-state index contributed by atoms with van der Waals surface area (Å²) in [5.74, 6) is -1.18. The number of carboxylic acids is 1. The van der Waals surface area contributed by atoms with Gasteiger partial charge in [0.1, 0.15) is 0 Å². The van der Waals surface area contributed by atoms with Crippen molar-refractivity contribution >= 4 is 11.9 Å². The summed E-state index contributed by atoms with van der Waals surface area (Å²) in [6.07, 6.45) is 2.79. The number of aliphatic carboxylic acids is 1. The van der Waals surface area contributed by atoms with Crippen LogP contribution in [0.25, 0.3) is 0 Å². The summed E-state index contributed by atoms with van der Waals surface area (Å²) in [6.45, 7) is 3.12. The van der Waals surface area contributed by atoms with E-state index in [2.05, 4.69) is 6.92 Å². The molecule has 0 aromatic heterocycles. The second-order valence-electron chi connectivity index (χ2n) is 5.36. The van der Waals surface area contributed by atoms with Gasteiger partial charge in [0.25, 0.3) is 0 Å². The number of aryl methyl sites for hydroxylation is 1. The number of carbonyl (C=O) groups is 2. The molecule has 4 heteroatoms. The molecular formula is C16H21NO3. The Morgan fingerprint density at radius 3 is 2.50 bits per heavy atom. The number of carboxylic acid groups (broad SMARTS) is 1. The third kappa shape index (κ3) is 3.59. The van der Waals surface area contributed by atoms with Gasteiger partial charge in [0.05, 0.1) is 12.3 Å². The highest BCUT2D eigenvalue weighted by Crippen LogP contribution is 2.18. The first kappa shape index (κ1) is 14.6. The van der Waals surface area contributed by atoms with Gasteiger partial charge in [-0.05, 0) is 30.4 Å². The topological polar surface area (TPSA) is 57.6 Å². The van der Waals surface area contributed by atoms with Gasteiger partial charge in [0, 0.05) is 13.1 Å². The van der Waals surface area contributed by atoms with Crippen molar-refractivity contribution in [1.82, 2.24) is 4.90 Å². The highest BCUT2D eigenvalue weighted by Gasteiger charge is 2.27. The predicted octanol–water partition coefficient (Wildman–Crippen LogP) is 2.11. The molecule has 1 aliphatic rings. The highest BCUT2D eigenvalue weighted by atomic mass is 16.4. The monoisotopic (exact) mass is 275 g/mol. The van der Waals surface area contributed by atoms with Gasteiger partial charge in [0.15, 0.2) is 0 Å². The Balaban J connectivity index is 1.95. The smallest absolute Gasteiger partial charge is 0.308 e. The van der Waals surface area contributed by atoms with Crippen LogP contribution in [-0.2, 0) is 22.4 Å². The Hall–Kier alpha value is -1.84. The van der Waals surface area contributed by atoms with Crippen molar-refractivity contribution in [1.29, 1.82) is 0 Å². The molecule has 1 aromatic rings. The van der Waals surface area contributed by atoms with E-state index in [4.69, 9.17) is 5.11 Å². The van der Waals surface area contributed by atoms with Crippen molar-refractivity contribution in [3.63, 3.8) is 0 Å². The van der Waals surface area contributed by atoms with Crippen LogP contribution in [0.15, 0.2) is 24.3 Å². The number of carbonyl (C=O) groups excluding carboxylic acids is 1. The zero-order chi connectivity index (χ0) is 14.5.